The van der Waals surface area contributed by atoms with Crippen molar-refractivity contribution in [2.75, 3.05) is 5.32 Å². The first-order valence-electron chi connectivity index (χ1n) is 6.01. The van der Waals surface area contributed by atoms with E-state index in [1.807, 2.05) is 18.2 Å². The molecule has 1 aromatic heterocycles. The number of hydrogen-bond donors (Lipinski definition) is 1. The van der Waals surface area contributed by atoms with Gasteiger partial charge >= 0.3 is 0 Å². The summed E-state index contributed by atoms with van der Waals surface area (Å²) in [7, 11) is 0. The molecular formula is C15H10FN3O. The van der Waals surface area contributed by atoms with Crippen molar-refractivity contribution in [1.82, 2.24) is 9.97 Å². The molecule has 1 heterocycles. The predicted molar refractivity (Wildman–Crippen MR) is 73.9 cm³/mol. The Balaban J connectivity index is 1.94. The number of anilines is 1. The Kier molecular flexibility index (Phi) is 3.09. The fourth-order valence-corrected chi connectivity index (χ4v) is 1.91. The number of aromatic nitrogens is 2. The predicted octanol–water partition coefficient (Wildman–Crippen LogP) is 3.02. The summed E-state index contributed by atoms with van der Waals surface area (Å²) in [6, 6.07) is 12.8. The van der Waals surface area contributed by atoms with E-state index in [0.29, 0.717) is 22.3 Å². The van der Waals surface area contributed by atoms with Crippen molar-refractivity contribution in [2.24, 2.45) is 0 Å². The molecule has 20 heavy (non-hydrogen) atoms. The summed E-state index contributed by atoms with van der Waals surface area (Å²) in [5, 5.41) is 3.36. The van der Waals surface area contributed by atoms with Gasteiger partial charge in [0.1, 0.15) is 17.8 Å². The molecule has 0 bridgehead atoms. The molecule has 0 atom stereocenters. The molecule has 1 N–H and O–H groups in total. The normalized spacial score (nSPS) is 10.4. The van der Waals surface area contributed by atoms with Crippen molar-refractivity contribution in [3.63, 3.8) is 0 Å². The Morgan fingerprint density at radius 2 is 1.75 bits per heavy atom. The number of fused-ring (bicyclic) bond motifs is 1. The minimum atomic E-state index is -0.352. The molecule has 0 spiro atoms. The molecule has 4 nitrogen and oxygen atoms in total. The summed E-state index contributed by atoms with van der Waals surface area (Å²) in [5.41, 5.74) is 1.51. The van der Waals surface area contributed by atoms with E-state index in [1.165, 1.54) is 30.6 Å². The van der Waals surface area contributed by atoms with Crippen LogP contribution in [-0.2, 0) is 0 Å². The summed E-state index contributed by atoms with van der Waals surface area (Å²) in [6.07, 6.45) is 1.35. The molecule has 2 aromatic carbocycles. The van der Waals surface area contributed by atoms with Gasteiger partial charge in [-0.2, -0.15) is 0 Å². The van der Waals surface area contributed by atoms with Crippen LogP contribution in [0, 0.1) is 5.82 Å². The van der Waals surface area contributed by atoms with Gasteiger partial charge in [0.05, 0.1) is 5.52 Å². The van der Waals surface area contributed by atoms with Crippen LogP contribution < -0.4 is 5.32 Å². The van der Waals surface area contributed by atoms with E-state index in [9.17, 15) is 9.18 Å². The highest BCUT2D eigenvalue weighted by molar-refractivity contribution is 6.10. The third-order valence-electron chi connectivity index (χ3n) is 2.86. The number of nitrogens with one attached hydrogen (secondary N) is 1. The van der Waals surface area contributed by atoms with E-state index in [0.717, 1.165) is 0 Å². The molecule has 0 radical (unpaired) electrons. The summed E-state index contributed by atoms with van der Waals surface area (Å²) in [5.74, 6) is -0.703. The lowest BCUT2D eigenvalue weighted by molar-refractivity contribution is 0.102. The first-order chi connectivity index (χ1) is 9.74. The maximum absolute atomic E-state index is 12.8. The van der Waals surface area contributed by atoms with E-state index >= 15 is 0 Å². The lowest BCUT2D eigenvalue weighted by Gasteiger charge is -2.06. The van der Waals surface area contributed by atoms with E-state index in [1.54, 1.807) is 6.07 Å². The third-order valence-corrected chi connectivity index (χ3v) is 2.86. The SMILES string of the molecule is O=C(Nc1ccc(F)cc1)c1ncnc2ccccc12. The minimum absolute atomic E-state index is 0.292. The zero-order chi connectivity index (χ0) is 13.9. The second-order valence-electron chi connectivity index (χ2n) is 4.20. The van der Waals surface area contributed by atoms with Crippen LogP contribution in [0.3, 0.4) is 0 Å². The molecule has 1 amide bonds. The van der Waals surface area contributed by atoms with Crippen molar-refractivity contribution >= 4 is 22.5 Å². The van der Waals surface area contributed by atoms with Gasteiger partial charge in [-0.15, -0.1) is 0 Å². The highest BCUT2D eigenvalue weighted by Crippen LogP contribution is 2.16. The molecule has 0 aliphatic rings. The minimum Gasteiger partial charge on any atom is -0.321 e. The van der Waals surface area contributed by atoms with Gasteiger partial charge in [0.15, 0.2) is 0 Å². The maximum Gasteiger partial charge on any atom is 0.275 e. The van der Waals surface area contributed by atoms with Crippen molar-refractivity contribution < 1.29 is 9.18 Å². The summed E-state index contributed by atoms with van der Waals surface area (Å²) in [6.45, 7) is 0. The van der Waals surface area contributed by atoms with Crippen LogP contribution in [0.15, 0.2) is 54.9 Å². The molecular weight excluding hydrogens is 257 g/mol. The molecule has 0 saturated heterocycles. The average molecular weight is 267 g/mol. The quantitative estimate of drug-likeness (QED) is 0.776. The molecule has 3 aromatic rings. The van der Waals surface area contributed by atoms with Crippen LogP contribution >= 0.6 is 0 Å². The average Bonchev–Trinajstić information content (AvgIpc) is 2.49. The Labute approximate surface area is 114 Å². The summed E-state index contributed by atoms with van der Waals surface area (Å²) < 4.78 is 12.8. The molecule has 0 aliphatic heterocycles. The smallest absolute Gasteiger partial charge is 0.275 e. The number of hydrogen-bond acceptors (Lipinski definition) is 3. The first-order valence-corrected chi connectivity index (χ1v) is 6.01. The van der Waals surface area contributed by atoms with Gasteiger partial charge < -0.3 is 5.32 Å². The Morgan fingerprint density at radius 1 is 1.00 bits per heavy atom. The number of halogens is 1. The monoisotopic (exact) mass is 267 g/mol. The van der Waals surface area contributed by atoms with Gasteiger partial charge in [-0.3, -0.25) is 4.79 Å². The molecule has 98 valence electrons. The molecule has 0 saturated carbocycles. The fourth-order valence-electron chi connectivity index (χ4n) is 1.91. The van der Waals surface area contributed by atoms with Gasteiger partial charge in [-0.05, 0) is 30.3 Å². The van der Waals surface area contributed by atoms with Crippen LogP contribution in [0.2, 0.25) is 0 Å². The van der Waals surface area contributed by atoms with Gasteiger partial charge in [-0.25, -0.2) is 14.4 Å². The zero-order valence-electron chi connectivity index (χ0n) is 10.4. The topological polar surface area (TPSA) is 54.9 Å². The Bertz CT molecular complexity index is 766. The molecule has 3 rings (SSSR count). The van der Waals surface area contributed by atoms with Crippen molar-refractivity contribution in [3.8, 4) is 0 Å². The van der Waals surface area contributed by atoms with Crippen LogP contribution in [-0.4, -0.2) is 15.9 Å². The number of nitrogens with zero attached hydrogens (tertiary/aromatic N) is 2. The van der Waals surface area contributed by atoms with Crippen LogP contribution in [0.5, 0.6) is 0 Å². The van der Waals surface area contributed by atoms with Gasteiger partial charge in [0, 0.05) is 11.1 Å². The van der Waals surface area contributed by atoms with Crippen LogP contribution in [0.25, 0.3) is 10.9 Å². The number of amides is 1. The number of rotatable bonds is 2. The van der Waals surface area contributed by atoms with E-state index in [4.69, 9.17) is 0 Å². The summed E-state index contributed by atoms with van der Waals surface area (Å²) in [4.78, 5) is 20.3. The highest BCUT2D eigenvalue weighted by atomic mass is 19.1. The Morgan fingerprint density at radius 3 is 2.55 bits per heavy atom. The van der Waals surface area contributed by atoms with Crippen molar-refractivity contribution in [3.05, 3.63) is 66.4 Å². The summed E-state index contributed by atoms with van der Waals surface area (Å²) >= 11 is 0. The number of benzene rings is 2. The maximum atomic E-state index is 12.8. The van der Waals surface area contributed by atoms with Crippen molar-refractivity contribution in [1.29, 1.82) is 0 Å². The lowest BCUT2D eigenvalue weighted by Crippen LogP contribution is -2.14. The molecule has 0 unspecified atom stereocenters. The fraction of sp³-hybridized carbons (Fsp3) is 0. The number of carbonyl (C=O) groups is 1. The van der Waals surface area contributed by atoms with Gasteiger partial charge in [0.2, 0.25) is 0 Å². The largest absolute Gasteiger partial charge is 0.321 e. The lowest BCUT2D eigenvalue weighted by atomic mass is 10.2. The van der Waals surface area contributed by atoms with E-state index < -0.39 is 0 Å². The first kappa shape index (κ1) is 12.2. The second kappa shape index (κ2) is 5.05. The van der Waals surface area contributed by atoms with Crippen molar-refractivity contribution in [2.45, 2.75) is 0 Å². The second-order valence-corrected chi connectivity index (χ2v) is 4.20. The van der Waals surface area contributed by atoms with Crippen LogP contribution in [0.4, 0.5) is 10.1 Å². The van der Waals surface area contributed by atoms with Crippen LogP contribution in [0.1, 0.15) is 10.5 Å². The van der Waals surface area contributed by atoms with E-state index in [-0.39, 0.29) is 11.7 Å². The molecule has 5 heteroatoms. The number of carbonyl (C=O) groups excluding carboxylic acids is 1. The third kappa shape index (κ3) is 2.33. The number of para-hydroxylation sites is 1. The van der Waals surface area contributed by atoms with E-state index in [2.05, 4.69) is 15.3 Å². The molecule has 0 fully saturated rings. The Hall–Kier alpha value is -2.82. The highest BCUT2D eigenvalue weighted by Gasteiger charge is 2.12. The molecule has 0 aliphatic carbocycles. The standard InChI is InChI=1S/C15H10FN3O/c16-10-5-7-11(8-6-10)19-15(20)14-12-3-1-2-4-13(12)17-9-18-14/h1-9H,(H,19,20). The zero-order valence-corrected chi connectivity index (χ0v) is 10.4. The van der Waals surface area contributed by atoms with Gasteiger partial charge in [-0.1, -0.05) is 18.2 Å². The van der Waals surface area contributed by atoms with Gasteiger partial charge in [0.25, 0.3) is 5.91 Å².